The summed E-state index contributed by atoms with van der Waals surface area (Å²) in [5.74, 6) is -0.396. The number of carbonyl (C=O) groups excluding carboxylic acids is 2. The zero-order valence-corrected chi connectivity index (χ0v) is 12.2. The molecule has 0 aliphatic rings. The fraction of sp³-hybridized carbons (Fsp3) is 0.308. The summed E-state index contributed by atoms with van der Waals surface area (Å²) in [4.78, 5) is 24.6. The van der Waals surface area contributed by atoms with Crippen LogP contribution < -0.4 is 0 Å². The number of ketones is 2. The molecule has 100 valence electrons. The van der Waals surface area contributed by atoms with Gasteiger partial charge >= 0.3 is 0 Å². The van der Waals surface area contributed by atoms with E-state index in [0.29, 0.717) is 21.2 Å². The maximum absolute atomic E-state index is 12.1. The van der Waals surface area contributed by atoms with E-state index in [4.69, 9.17) is 11.6 Å². The van der Waals surface area contributed by atoms with E-state index in [1.165, 1.54) is 11.3 Å². The lowest BCUT2D eigenvalue weighted by atomic mass is 10.1. The van der Waals surface area contributed by atoms with Crippen molar-refractivity contribution in [2.75, 3.05) is 0 Å². The summed E-state index contributed by atoms with van der Waals surface area (Å²) in [6.45, 7) is 1.93. The van der Waals surface area contributed by atoms with Crippen LogP contribution >= 0.6 is 22.9 Å². The van der Waals surface area contributed by atoms with Crippen LogP contribution in [0.25, 0.3) is 0 Å². The lowest BCUT2D eigenvalue weighted by Gasteiger charge is -1.98. The first-order valence-corrected chi connectivity index (χ1v) is 7.05. The highest BCUT2D eigenvalue weighted by molar-refractivity contribution is 7.18. The number of nitrogens with zero attached hydrogens (tertiary/aromatic N) is 2. The molecule has 0 aliphatic carbocycles. The van der Waals surface area contributed by atoms with Gasteiger partial charge < -0.3 is 0 Å². The Balaban J connectivity index is 2.14. The van der Waals surface area contributed by atoms with Gasteiger partial charge in [0.05, 0.1) is 26.9 Å². The number of Topliss-reactive ketones (excluding diaryl/α,β-unsaturated/α-hetero) is 2. The summed E-state index contributed by atoms with van der Waals surface area (Å²) in [7, 11) is 1.76. The lowest BCUT2D eigenvalue weighted by Crippen LogP contribution is -2.08. The fourth-order valence-corrected chi connectivity index (χ4v) is 2.80. The minimum atomic E-state index is -0.201. The van der Waals surface area contributed by atoms with Gasteiger partial charge in [-0.1, -0.05) is 18.5 Å². The highest BCUT2D eigenvalue weighted by atomic mass is 35.5. The van der Waals surface area contributed by atoms with E-state index in [-0.39, 0.29) is 18.0 Å². The smallest absolute Gasteiger partial charge is 0.180 e. The maximum Gasteiger partial charge on any atom is 0.180 e. The highest BCUT2D eigenvalue weighted by Gasteiger charge is 2.19. The Morgan fingerprint density at radius 3 is 2.68 bits per heavy atom. The molecule has 2 aromatic rings. The Morgan fingerprint density at radius 1 is 1.37 bits per heavy atom. The molecule has 0 atom stereocenters. The number of thiophene rings is 1. The molecule has 0 N–H and O–H groups in total. The van der Waals surface area contributed by atoms with E-state index >= 15 is 0 Å². The number of aryl methyl sites for hydroxylation is 2. The third-order valence-corrected chi connectivity index (χ3v) is 3.98. The van der Waals surface area contributed by atoms with Gasteiger partial charge in [0.2, 0.25) is 0 Å². The van der Waals surface area contributed by atoms with Crippen molar-refractivity contribution in [3.8, 4) is 0 Å². The maximum atomic E-state index is 12.1. The first kappa shape index (κ1) is 14.0. The average Bonchev–Trinajstić information content (AvgIpc) is 2.95. The van der Waals surface area contributed by atoms with Crippen molar-refractivity contribution < 1.29 is 9.59 Å². The van der Waals surface area contributed by atoms with Crippen LogP contribution in [0.2, 0.25) is 4.34 Å². The second-order valence-corrected chi connectivity index (χ2v) is 5.86. The number of carbonyl (C=O) groups is 2. The molecule has 2 rings (SSSR count). The van der Waals surface area contributed by atoms with Gasteiger partial charge in [0.1, 0.15) is 0 Å². The third-order valence-electron chi connectivity index (χ3n) is 2.71. The van der Waals surface area contributed by atoms with Crippen LogP contribution in [-0.4, -0.2) is 21.3 Å². The molecule has 19 heavy (non-hydrogen) atoms. The molecule has 0 saturated carbocycles. The Bertz CT molecular complexity index is 630. The largest absolute Gasteiger partial charge is 0.294 e. The summed E-state index contributed by atoms with van der Waals surface area (Å²) in [6, 6.07) is 3.30. The fourth-order valence-electron chi connectivity index (χ4n) is 1.82. The normalized spacial score (nSPS) is 10.7. The highest BCUT2D eigenvalue weighted by Crippen LogP contribution is 2.23. The third kappa shape index (κ3) is 3.11. The van der Waals surface area contributed by atoms with Gasteiger partial charge in [0.25, 0.3) is 0 Å². The minimum absolute atomic E-state index is 0.143. The van der Waals surface area contributed by atoms with E-state index in [2.05, 4.69) is 5.10 Å². The summed E-state index contributed by atoms with van der Waals surface area (Å²) in [6.07, 6.45) is 2.19. The molecular formula is C13H13ClN2O2S. The van der Waals surface area contributed by atoms with E-state index in [9.17, 15) is 9.59 Å². The van der Waals surface area contributed by atoms with Crippen LogP contribution in [0.1, 0.15) is 39.1 Å². The van der Waals surface area contributed by atoms with E-state index < -0.39 is 0 Å². The Hall–Kier alpha value is -1.46. The van der Waals surface area contributed by atoms with Gasteiger partial charge in [-0.05, 0) is 18.6 Å². The predicted molar refractivity (Wildman–Crippen MR) is 75.2 cm³/mol. The van der Waals surface area contributed by atoms with Gasteiger partial charge in [-0.3, -0.25) is 14.3 Å². The Morgan fingerprint density at radius 2 is 2.11 bits per heavy atom. The van der Waals surface area contributed by atoms with Crippen molar-refractivity contribution >= 4 is 34.5 Å². The second kappa shape index (κ2) is 5.67. The molecule has 0 unspecified atom stereocenters. The SMILES string of the molecule is CCc1nn(C)cc1C(=O)CC(=O)c1ccc(Cl)s1. The molecule has 0 aliphatic heterocycles. The molecular weight excluding hydrogens is 284 g/mol. The number of hydrogen-bond donors (Lipinski definition) is 0. The van der Waals surface area contributed by atoms with Crippen molar-refractivity contribution in [3.63, 3.8) is 0 Å². The molecule has 2 aromatic heterocycles. The molecule has 0 bridgehead atoms. The second-order valence-electron chi connectivity index (χ2n) is 4.14. The van der Waals surface area contributed by atoms with Crippen molar-refractivity contribution in [1.82, 2.24) is 9.78 Å². The number of rotatable bonds is 5. The zero-order chi connectivity index (χ0) is 14.0. The quantitative estimate of drug-likeness (QED) is 0.629. The van der Waals surface area contributed by atoms with Crippen LogP contribution in [0.3, 0.4) is 0 Å². The van der Waals surface area contributed by atoms with Gasteiger partial charge in [0.15, 0.2) is 11.6 Å². The predicted octanol–water partition coefficient (Wildman–Crippen LogP) is 3.15. The Kier molecular flexibility index (Phi) is 4.17. The summed E-state index contributed by atoms with van der Waals surface area (Å²) in [5, 5.41) is 4.20. The van der Waals surface area contributed by atoms with Crippen molar-refractivity contribution in [2.45, 2.75) is 19.8 Å². The van der Waals surface area contributed by atoms with E-state index in [0.717, 1.165) is 5.69 Å². The van der Waals surface area contributed by atoms with Crippen molar-refractivity contribution in [1.29, 1.82) is 0 Å². The lowest BCUT2D eigenvalue weighted by molar-refractivity contribution is 0.0896. The average molecular weight is 297 g/mol. The zero-order valence-electron chi connectivity index (χ0n) is 10.6. The summed E-state index contributed by atoms with van der Waals surface area (Å²) >= 11 is 6.97. The number of halogens is 1. The van der Waals surface area contributed by atoms with Gasteiger partial charge in [-0.2, -0.15) is 5.10 Å². The molecule has 0 spiro atoms. The summed E-state index contributed by atoms with van der Waals surface area (Å²) in [5.41, 5.74) is 1.26. The first-order chi connectivity index (χ1) is 9.01. The number of hydrogen-bond acceptors (Lipinski definition) is 4. The van der Waals surface area contributed by atoms with Crippen LogP contribution in [0.4, 0.5) is 0 Å². The monoisotopic (exact) mass is 296 g/mol. The molecule has 0 amide bonds. The Labute approximate surface area is 120 Å². The van der Waals surface area contributed by atoms with Crippen molar-refractivity contribution in [3.05, 3.63) is 38.8 Å². The molecule has 0 aromatic carbocycles. The van der Waals surface area contributed by atoms with Crippen LogP contribution in [0, 0.1) is 0 Å². The van der Waals surface area contributed by atoms with E-state index in [1.54, 1.807) is 30.1 Å². The van der Waals surface area contributed by atoms with Crippen LogP contribution in [0.5, 0.6) is 0 Å². The van der Waals surface area contributed by atoms with Crippen molar-refractivity contribution in [2.24, 2.45) is 7.05 Å². The van der Waals surface area contributed by atoms with E-state index in [1.807, 2.05) is 6.92 Å². The van der Waals surface area contributed by atoms with Crippen LogP contribution in [0.15, 0.2) is 18.3 Å². The first-order valence-electron chi connectivity index (χ1n) is 5.85. The van der Waals surface area contributed by atoms with Gasteiger partial charge in [-0.25, -0.2) is 0 Å². The molecule has 0 saturated heterocycles. The standard InChI is InChI=1S/C13H13ClN2O2S/c1-3-9-8(7-16(2)15-9)10(17)6-11(18)12-4-5-13(14)19-12/h4-5,7H,3,6H2,1-2H3. The van der Waals surface area contributed by atoms with Crippen LogP contribution in [-0.2, 0) is 13.5 Å². The molecule has 6 heteroatoms. The molecule has 4 nitrogen and oxygen atoms in total. The van der Waals surface area contributed by atoms with Gasteiger partial charge in [0, 0.05) is 13.2 Å². The van der Waals surface area contributed by atoms with Gasteiger partial charge in [-0.15, -0.1) is 11.3 Å². The molecule has 0 radical (unpaired) electrons. The topological polar surface area (TPSA) is 52.0 Å². The summed E-state index contributed by atoms with van der Waals surface area (Å²) < 4.78 is 2.14. The minimum Gasteiger partial charge on any atom is -0.294 e. The molecule has 0 fully saturated rings. The molecule has 2 heterocycles. The number of aromatic nitrogens is 2.